The fourth-order valence-corrected chi connectivity index (χ4v) is 1.71. The monoisotopic (exact) mass is 212 g/mol. The van der Waals surface area contributed by atoms with Gasteiger partial charge in [0, 0.05) is 0 Å². The van der Waals surface area contributed by atoms with E-state index >= 15 is 0 Å². The molecule has 14 heavy (non-hydrogen) atoms. The first-order valence-electron chi connectivity index (χ1n) is 4.82. The van der Waals surface area contributed by atoms with Crippen LogP contribution in [0.25, 0.3) is 5.65 Å². The van der Waals surface area contributed by atoms with Crippen molar-refractivity contribution in [3.63, 3.8) is 0 Å². The fraction of sp³-hybridized carbons (Fsp3) is 0.556. The summed E-state index contributed by atoms with van der Waals surface area (Å²) in [5.41, 5.74) is 1.76. The Balaban J connectivity index is 2.41. The number of nitrogens with zero attached hydrogens (tertiary/aromatic N) is 3. The molecular formula is C9H13ClN4. The number of aromatic nitrogens is 4. The third-order valence-corrected chi connectivity index (χ3v) is 2.69. The third-order valence-electron chi connectivity index (χ3n) is 2.29. The fourth-order valence-electron chi connectivity index (χ4n) is 1.46. The van der Waals surface area contributed by atoms with Crippen LogP contribution >= 0.6 is 11.6 Å². The summed E-state index contributed by atoms with van der Waals surface area (Å²) in [4.78, 5) is 0. The van der Waals surface area contributed by atoms with E-state index < -0.39 is 0 Å². The summed E-state index contributed by atoms with van der Waals surface area (Å²) < 4.78 is 1.76. The number of hydrogen-bond donors (Lipinski definition) is 1. The Morgan fingerprint density at radius 2 is 2.29 bits per heavy atom. The van der Waals surface area contributed by atoms with Crippen molar-refractivity contribution in [2.45, 2.75) is 33.1 Å². The number of aromatic amines is 1. The van der Waals surface area contributed by atoms with E-state index in [0.29, 0.717) is 5.02 Å². The van der Waals surface area contributed by atoms with Crippen LogP contribution in [0.4, 0.5) is 0 Å². The highest BCUT2D eigenvalue weighted by atomic mass is 35.5. The van der Waals surface area contributed by atoms with Gasteiger partial charge in [-0.15, -0.1) is 0 Å². The van der Waals surface area contributed by atoms with E-state index in [1.54, 1.807) is 4.52 Å². The Morgan fingerprint density at radius 1 is 1.50 bits per heavy atom. The summed E-state index contributed by atoms with van der Waals surface area (Å²) in [6.07, 6.45) is 3.20. The molecule has 2 aromatic rings. The van der Waals surface area contributed by atoms with E-state index in [1.165, 1.54) is 0 Å². The molecule has 76 valence electrons. The topological polar surface area (TPSA) is 46.0 Å². The van der Waals surface area contributed by atoms with Gasteiger partial charge in [0.1, 0.15) is 10.8 Å². The molecule has 1 N–H and O–H groups in total. The molecule has 0 saturated heterocycles. The number of nitrogens with one attached hydrogen (secondary N) is 1. The number of aryl methyl sites for hydroxylation is 2. The minimum Gasteiger partial charge on any atom is -0.258 e. The summed E-state index contributed by atoms with van der Waals surface area (Å²) in [5, 5.41) is 12.0. The van der Waals surface area contributed by atoms with E-state index in [0.717, 1.165) is 36.4 Å². The lowest BCUT2D eigenvalue weighted by atomic mass is 10.2. The quantitative estimate of drug-likeness (QED) is 0.849. The van der Waals surface area contributed by atoms with Crippen LogP contribution in [-0.4, -0.2) is 19.8 Å². The van der Waals surface area contributed by atoms with Crippen LogP contribution in [0, 0.1) is 6.92 Å². The highest BCUT2D eigenvalue weighted by molar-refractivity contribution is 6.34. The predicted octanol–water partition coefficient (Wildman–Crippen LogP) is 2.36. The normalized spacial score (nSPS) is 11.4. The molecule has 0 atom stereocenters. The van der Waals surface area contributed by atoms with Crippen molar-refractivity contribution < 1.29 is 0 Å². The molecule has 0 bridgehead atoms. The summed E-state index contributed by atoms with van der Waals surface area (Å²) in [5.74, 6) is 0.838. The summed E-state index contributed by atoms with van der Waals surface area (Å²) >= 11 is 6.15. The van der Waals surface area contributed by atoms with E-state index in [1.807, 2.05) is 6.92 Å². The molecule has 0 aliphatic heterocycles. The molecular weight excluding hydrogens is 200 g/mol. The smallest absolute Gasteiger partial charge is 0.170 e. The molecule has 2 aromatic heterocycles. The van der Waals surface area contributed by atoms with E-state index in [-0.39, 0.29) is 0 Å². The van der Waals surface area contributed by atoms with E-state index in [4.69, 9.17) is 11.6 Å². The van der Waals surface area contributed by atoms with Crippen LogP contribution in [0.3, 0.4) is 0 Å². The second kappa shape index (κ2) is 3.61. The SMILES string of the molecule is CCCCc1nn2c(C)n[nH]c2c1Cl. The van der Waals surface area contributed by atoms with E-state index in [9.17, 15) is 0 Å². The van der Waals surface area contributed by atoms with Crippen LogP contribution in [0.15, 0.2) is 0 Å². The Bertz CT molecular complexity index is 443. The highest BCUT2D eigenvalue weighted by Crippen LogP contribution is 2.22. The van der Waals surface area contributed by atoms with Gasteiger partial charge in [0.2, 0.25) is 0 Å². The first-order chi connectivity index (χ1) is 6.74. The van der Waals surface area contributed by atoms with Crippen LogP contribution < -0.4 is 0 Å². The van der Waals surface area contributed by atoms with Gasteiger partial charge >= 0.3 is 0 Å². The van der Waals surface area contributed by atoms with Gasteiger partial charge in [-0.3, -0.25) is 5.10 Å². The molecule has 5 heteroatoms. The third kappa shape index (κ3) is 1.39. The van der Waals surface area contributed by atoms with Crippen LogP contribution in [-0.2, 0) is 6.42 Å². The molecule has 0 saturated carbocycles. The maximum absolute atomic E-state index is 6.15. The maximum atomic E-state index is 6.15. The molecule has 2 heterocycles. The molecule has 4 nitrogen and oxygen atoms in total. The van der Waals surface area contributed by atoms with Gasteiger partial charge in [-0.1, -0.05) is 24.9 Å². The van der Waals surface area contributed by atoms with Crippen molar-refractivity contribution in [3.8, 4) is 0 Å². The Hall–Kier alpha value is -1.03. The molecule has 0 unspecified atom stereocenters. The highest BCUT2D eigenvalue weighted by Gasteiger charge is 2.13. The van der Waals surface area contributed by atoms with Gasteiger partial charge in [0.05, 0.1) is 5.69 Å². The Labute approximate surface area is 87.3 Å². The van der Waals surface area contributed by atoms with Crippen molar-refractivity contribution in [3.05, 3.63) is 16.5 Å². The molecule has 0 aliphatic carbocycles. The van der Waals surface area contributed by atoms with Gasteiger partial charge in [0.25, 0.3) is 0 Å². The van der Waals surface area contributed by atoms with Crippen molar-refractivity contribution >= 4 is 17.2 Å². The number of hydrogen-bond acceptors (Lipinski definition) is 2. The van der Waals surface area contributed by atoms with Gasteiger partial charge in [-0.05, 0) is 19.8 Å². The maximum Gasteiger partial charge on any atom is 0.170 e. The molecule has 0 aromatic carbocycles. The minimum atomic E-state index is 0.707. The number of fused-ring (bicyclic) bond motifs is 1. The lowest BCUT2D eigenvalue weighted by Gasteiger charge is -1.93. The minimum absolute atomic E-state index is 0.707. The zero-order valence-electron chi connectivity index (χ0n) is 8.34. The molecule has 0 aliphatic rings. The number of halogens is 1. The lowest BCUT2D eigenvalue weighted by Crippen LogP contribution is -1.91. The van der Waals surface area contributed by atoms with Gasteiger partial charge in [-0.25, -0.2) is 0 Å². The van der Waals surface area contributed by atoms with Gasteiger partial charge in [-0.2, -0.15) is 14.7 Å². The predicted molar refractivity (Wildman–Crippen MR) is 55.7 cm³/mol. The first kappa shape index (κ1) is 9.52. The van der Waals surface area contributed by atoms with Gasteiger partial charge in [0.15, 0.2) is 5.65 Å². The molecule has 2 rings (SSSR count). The molecule has 0 amide bonds. The summed E-state index contributed by atoms with van der Waals surface area (Å²) in [6, 6.07) is 0. The largest absolute Gasteiger partial charge is 0.258 e. The van der Waals surface area contributed by atoms with Crippen molar-refractivity contribution in [2.24, 2.45) is 0 Å². The van der Waals surface area contributed by atoms with Crippen molar-refractivity contribution in [2.75, 3.05) is 0 Å². The zero-order valence-corrected chi connectivity index (χ0v) is 9.10. The Kier molecular flexibility index (Phi) is 2.46. The zero-order chi connectivity index (χ0) is 10.1. The summed E-state index contributed by atoms with van der Waals surface area (Å²) in [7, 11) is 0. The van der Waals surface area contributed by atoms with Crippen molar-refractivity contribution in [1.82, 2.24) is 19.8 Å². The van der Waals surface area contributed by atoms with Crippen LogP contribution in [0.2, 0.25) is 5.02 Å². The second-order valence-electron chi connectivity index (χ2n) is 3.40. The number of unbranched alkanes of at least 4 members (excludes halogenated alkanes) is 1. The Morgan fingerprint density at radius 3 is 2.93 bits per heavy atom. The van der Waals surface area contributed by atoms with E-state index in [2.05, 4.69) is 22.2 Å². The van der Waals surface area contributed by atoms with Crippen LogP contribution in [0.5, 0.6) is 0 Å². The second-order valence-corrected chi connectivity index (χ2v) is 3.77. The molecule has 0 radical (unpaired) electrons. The number of H-pyrrole nitrogens is 1. The van der Waals surface area contributed by atoms with Crippen LogP contribution in [0.1, 0.15) is 31.3 Å². The standard InChI is InChI=1S/C9H13ClN4/c1-3-4-5-7-8(10)9-12-11-6(2)14(9)13-7/h12H,3-5H2,1-2H3. The average Bonchev–Trinajstić information content (AvgIpc) is 2.67. The lowest BCUT2D eigenvalue weighted by molar-refractivity contribution is 0.755. The molecule has 0 fully saturated rings. The van der Waals surface area contributed by atoms with Crippen molar-refractivity contribution in [1.29, 1.82) is 0 Å². The molecule has 0 spiro atoms. The first-order valence-corrected chi connectivity index (χ1v) is 5.20. The summed E-state index contributed by atoms with van der Waals surface area (Å²) in [6.45, 7) is 4.05. The van der Waals surface area contributed by atoms with Gasteiger partial charge < -0.3 is 0 Å². The average molecular weight is 213 g/mol. The number of rotatable bonds is 3.